The standard InChI is InChI=1S/C19H15N3/c20-12-13-6-5-9-15(14-7-1-3-10-17(14)21)19(13)16-8-2-4-11-18(16)22/h1-11H,21-22H2. The second kappa shape index (κ2) is 5.63. The number of nitrogens with two attached hydrogens (primary N) is 2. The first-order valence-corrected chi connectivity index (χ1v) is 6.95. The molecule has 0 amide bonds. The topological polar surface area (TPSA) is 75.8 Å². The number of nitrogen functional groups attached to an aromatic ring is 2. The Kier molecular flexibility index (Phi) is 3.51. The quantitative estimate of drug-likeness (QED) is 0.697. The Bertz CT molecular complexity index is 876. The van der Waals surface area contributed by atoms with Gasteiger partial charge in [-0.3, -0.25) is 0 Å². The number of nitrogens with zero attached hydrogens (tertiary/aromatic N) is 1. The predicted octanol–water partition coefficient (Wildman–Crippen LogP) is 4.06. The van der Waals surface area contributed by atoms with Crippen molar-refractivity contribution in [3.8, 4) is 28.3 Å². The van der Waals surface area contributed by atoms with E-state index in [0.717, 1.165) is 22.3 Å². The molecule has 0 spiro atoms. The highest BCUT2D eigenvalue weighted by atomic mass is 14.6. The number of rotatable bonds is 2. The molecule has 0 heterocycles. The van der Waals surface area contributed by atoms with Crippen molar-refractivity contribution in [3.05, 3.63) is 72.3 Å². The van der Waals surface area contributed by atoms with Crippen LogP contribution in [0.25, 0.3) is 22.3 Å². The molecule has 3 heteroatoms. The van der Waals surface area contributed by atoms with Crippen molar-refractivity contribution < 1.29 is 0 Å². The minimum absolute atomic E-state index is 0.582. The summed E-state index contributed by atoms with van der Waals surface area (Å²) in [5, 5.41) is 9.49. The average molecular weight is 285 g/mol. The van der Waals surface area contributed by atoms with Crippen LogP contribution in [0.4, 0.5) is 11.4 Å². The Labute approximate surface area is 129 Å². The van der Waals surface area contributed by atoms with E-state index in [1.54, 1.807) is 6.07 Å². The summed E-state index contributed by atoms with van der Waals surface area (Å²) >= 11 is 0. The third kappa shape index (κ3) is 2.27. The fraction of sp³-hybridized carbons (Fsp3) is 0. The Morgan fingerprint density at radius 1 is 0.636 bits per heavy atom. The van der Waals surface area contributed by atoms with Gasteiger partial charge in [-0.2, -0.15) is 5.26 Å². The van der Waals surface area contributed by atoms with Gasteiger partial charge in [-0.25, -0.2) is 0 Å². The van der Waals surface area contributed by atoms with Crippen LogP contribution in [0.1, 0.15) is 5.56 Å². The lowest BCUT2D eigenvalue weighted by atomic mass is 9.89. The van der Waals surface area contributed by atoms with Crippen LogP contribution < -0.4 is 11.5 Å². The smallest absolute Gasteiger partial charge is 0.0998 e. The van der Waals surface area contributed by atoms with E-state index in [0.29, 0.717) is 16.9 Å². The molecule has 0 saturated heterocycles. The molecule has 0 aliphatic heterocycles. The third-order valence-corrected chi connectivity index (χ3v) is 3.67. The van der Waals surface area contributed by atoms with Crippen LogP contribution in [0.5, 0.6) is 0 Å². The lowest BCUT2D eigenvalue weighted by Crippen LogP contribution is -1.96. The lowest BCUT2D eigenvalue weighted by molar-refractivity contribution is 1.47. The van der Waals surface area contributed by atoms with Gasteiger partial charge in [0.25, 0.3) is 0 Å². The molecule has 0 bridgehead atoms. The minimum Gasteiger partial charge on any atom is -0.398 e. The predicted molar refractivity (Wildman–Crippen MR) is 90.9 cm³/mol. The number of hydrogen-bond acceptors (Lipinski definition) is 3. The first-order valence-electron chi connectivity index (χ1n) is 6.95. The number of para-hydroxylation sites is 2. The first kappa shape index (κ1) is 13.7. The third-order valence-electron chi connectivity index (χ3n) is 3.67. The van der Waals surface area contributed by atoms with E-state index in [1.807, 2.05) is 60.7 Å². The maximum atomic E-state index is 9.49. The van der Waals surface area contributed by atoms with Gasteiger partial charge in [0.2, 0.25) is 0 Å². The minimum atomic E-state index is 0.582. The van der Waals surface area contributed by atoms with Gasteiger partial charge in [0.05, 0.1) is 11.6 Å². The number of anilines is 2. The first-order chi connectivity index (χ1) is 10.7. The van der Waals surface area contributed by atoms with Crippen molar-refractivity contribution in [2.75, 3.05) is 11.5 Å². The van der Waals surface area contributed by atoms with Crippen LogP contribution in [-0.4, -0.2) is 0 Å². The van der Waals surface area contributed by atoms with Crippen LogP contribution in [0.2, 0.25) is 0 Å². The van der Waals surface area contributed by atoms with E-state index >= 15 is 0 Å². The van der Waals surface area contributed by atoms with E-state index < -0.39 is 0 Å². The molecule has 0 fully saturated rings. The van der Waals surface area contributed by atoms with Gasteiger partial charge in [0, 0.05) is 28.1 Å². The molecular formula is C19H15N3. The summed E-state index contributed by atoms with van der Waals surface area (Å²) in [5.74, 6) is 0. The van der Waals surface area contributed by atoms with Gasteiger partial charge in [-0.15, -0.1) is 0 Å². The number of nitriles is 1. The van der Waals surface area contributed by atoms with E-state index in [1.165, 1.54) is 0 Å². The lowest BCUT2D eigenvalue weighted by Gasteiger charge is -2.15. The average Bonchev–Trinajstić information content (AvgIpc) is 2.55. The monoisotopic (exact) mass is 285 g/mol. The summed E-state index contributed by atoms with van der Waals surface area (Å²) < 4.78 is 0. The zero-order chi connectivity index (χ0) is 15.5. The summed E-state index contributed by atoms with van der Waals surface area (Å²) in [5.41, 5.74) is 17.6. The van der Waals surface area contributed by atoms with Crippen LogP contribution in [-0.2, 0) is 0 Å². The second-order valence-corrected chi connectivity index (χ2v) is 5.01. The molecule has 0 saturated carbocycles. The highest BCUT2D eigenvalue weighted by Gasteiger charge is 2.15. The largest absolute Gasteiger partial charge is 0.398 e. The van der Waals surface area contributed by atoms with Crippen LogP contribution in [0.3, 0.4) is 0 Å². The summed E-state index contributed by atoms with van der Waals surface area (Å²) in [7, 11) is 0. The van der Waals surface area contributed by atoms with Gasteiger partial charge >= 0.3 is 0 Å². The molecule has 0 unspecified atom stereocenters. The van der Waals surface area contributed by atoms with E-state index in [4.69, 9.17) is 11.5 Å². The van der Waals surface area contributed by atoms with Crippen molar-refractivity contribution in [3.63, 3.8) is 0 Å². The molecule has 22 heavy (non-hydrogen) atoms. The van der Waals surface area contributed by atoms with Gasteiger partial charge in [-0.05, 0) is 23.8 Å². The molecule has 0 aliphatic rings. The molecule has 3 rings (SSSR count). The van der Waals surface area contributed by atoms with Crippen LogP contribution >= 0.6 is 0 Å². The van der Waals surface area contributed by atoms with Gasteiger partial charge in [0.15, 0.2) is 0 Å². The zero-order valence-corrected chi connectivity index (χ0v) is 12.0. The Balaban J connectivity index is 2.37. The molecule has 0 aromatic heterocycles. The van der Waals surface area contributed by atoms with Crippen molar-refractivity contribution >= 4 is 11.4 Å². The second-order valence-electron chi connectivity index (χ2n) is 5.01. The number of hydrogen-bond donors (Lipinski definition) is 2. The van der Waals surface area contributed by atoms with Crippen LogP contribution in [0, 0.1) is 11.3 Å². The maximum absolute atomic E-state index is 9.49. The molecule has 3 aromatic rings. The zero-order valence-electron chi connectivity index (χ0n) is 12.0. The summed E-state index contributed by atoms with van der Waals surface area (Å²) in [4.78, 5) is 0. The molecule has 0 aliphatic carbocycles. The van der Waals surface area contributed by atoms with Gasteiger partial charge in [-0.1, -0.05) is 48.5 Å². The van der Waals surface area contributed by atoms with Crippen molar-refractivity contribution in [1.82, 2.24) is 0 Å². The summed E-state index contributed by atoms with van der Waals surface area (Å²) in [6.07, 6.45) is 0. The molecule has 3 aromatic carbocycles. The Morgan fingerprint density at radius 2 is 1.18 bits per heavy atom. The molecule has 4 N–H and O–H groups in total. The highest BCUT2D eigenvalue weighted by molar-refractivity contribution is 5.94. The summed E-state index contributed by atoms with van der Waals surface area (Å²) in [6, 6.07) is 23.1. The highest BCUT2D eigenvalue weighted by Crippen LogP contribution is 2.39. The van der Waals surface area contributed by atoms with E-state index in [9.17, 15) is 5.26 Å². The fourth-order valence-electron chi connectivity index (χ4n) is 2.63. The molecular weight excluding hydrogens is 270 g/mol. The van der Waals surface area contributed by atoms with Crippen molar-refractivity contribution in [1.29, 1.82) is 5.26 Å². The van der Waals surface area contributed by atoms with Gasteiger partial charge in [0.1, 0.15) is 0 Å². The maximum Gasteiger partial charge on any atom is 0.0998 e. The van der Waals surface area contributed by atoms with Gasteiger partial charge < -0.3 is 11.5 Å². The van der Waals surface area contributed by atoms with E-state index in [-0.39, 0.29) is 0 Å². The normalized spacial score (nSPS) is 10.1. The Hall–Kier alpha value is -3.25. The number of benzene rings is 3. The molecule has 3 nitrogen and oxygen atoms in total. The Morgan fingerprint density at radius 3 is 1.77 bits per heavy atom. The van der Waals surface area contributed by atoms with Crippen LogP contribution in [0.15, 0.2) is 66.7 Å². The summed E-state index contributed by atoms with van der Waals surface area (Å²) in [6.45, 7) is 0. The van der Waals surface area contributed by atoms with E-state index in [2.05, 4.69) is 6.07 Å². The van der Waals surface area contributed by atoms with Crippen molar-refractivity contribution in [2.45, 2.75) is 0 Å². The fourth-order valence-corrected chi connectivity index (χ4v) is 2.63. The van der Waals surface area contributed by atoms with Crippen molar-refractivity contribution in [2.24, 2.45) is 0 Å². The molecule has 0 atom stereocenters. The molecule has 106 valence electrons. The molecule has 0 radical (unpaired) electrons. The SMILES string of the molecule is N#Cc1cccc(-c2ccccc2N)c1-c1ccccc1N.